The van der Waals surface area contributed by atoms with Crippen LogP contribution in [0.4, 0.5) is 0 Å². The van der Waals surface area contributed by atoms with Crippen LogP contribution in [-0.2, 0) is 22.4 Å². The van der Waals surface area contributed by atoms with Crippen LogP contribution in [0.1, 0.15) is 37.1 Å². The molecule has 1 aromatic rings. The molecule has 7 heteroatoms. The molecule has 0 bridgehead atoms. The first-order chi connectivity index (χ1) is 10.1. The number of aryl methyl sites for hydroxylation is 2. The molecule has 1 amide bonds. The Kier molecular flexibility index (Phi) is 3.84. The second-order valence-electron chi connectivity index (χ2n) is 5.45. The molecule has 0 aromatic carbocycles. The van der Waals surface area contributed by atoms with Gasteiger partial charge in [0.2, 0.25) is 11.0 Å². The van der Waals surface area contributed by atoms with E-state index >= 15 is 0 Å². The first-order valence-electron chi connectivity index (χ1n) is 7.15. The number of hydrogen-bond donors (Lipinski definition) is 1. The van der Waals surface area contributed by atoms with Gasteiger partial charge in [0.05, 0.1) is 11.7 Å². The van der Waals surface area contributed by atoms with Crippen LogP contribution < -0.4 is 10.9 Å². The predicted octanol–water partition coefficient (Wildman–Crippen LogP) is 0.441. The third-order valence-electron chi connectivity index (χ3n) is 3.98. The van der Waals surface area contributed by atoms with E-state index in [4.69, 9.17) is 0 Å². The number of hydrogen-bond acceptors (Lipinski definition) is 5. The van der Waals surface area contributed by atoms with Gasteiger partial charge in [-0.15, -0.1) is 0 Å². The molecule has 21 heavy (non-hydrogen) atoms. The van der Waals surface area contributed by atoms with Crippen LogP contribution in [0.2, 0.25) is 0 Å². The predicted molar refractivity (Wildman–Crippen MR) is 79.2 cm³/mol. The summed E-state index contributed by atoms with van der Waals surface area (Å²) in [6, 6.07) is 0.437. The third-order valence-corrected chi connectivity index (χ3v) is 4.99. The quantitative estimate of drug-likeness (QED) is 0.876. The Balaban J connectivity index is 1.78. The van der Waals surface area contributed by atoms with E-state index in [-0.39, 0.29) is 16.6 Å². The lowest BCUT2D eigenvalue weighted by molar-refractivity contribution is -0.127. The molecule has 112 valence electrons. The maximum Gasteiger partial charge on any atom is 0.267 e. The first kappa shape index (κ1) is 14.3. The Morgan fingerprint density at radius 3 is 3.00 bits per heavy atom. The maximum atomic E-state index is 12.2. The van der Waals surface area contributed by atoms with E-state index in [1.165, 1.54) is 16.4 Å². The molecular weight excluding hydrogens is 290 g/mol. The van der Waals surface area contributed by atoms with Crippen LogP contribution >= 0.6 is 11.8 Å². The number of carbonyl (C=O) groups is 2. The molecule has 2 aliphatic rings. The highest BCUT2D eigenvalue weighted by atomic mass is 32.2. The summed E-state index contributed by atoms with van der Waals surface area (Å²) in [5.41, 5.74) is 1.64. The highest BCUT2D eigenvalue weighted by molar-refractivity contribution is 8.14. The van der Waals surface area contributed by atoms with Gasteiger partial charge in [0.1, 0.15) is 6.04 Å². The summed E-state index contributed by atoms with van der Waals surface area (Å²) in [6.45, 7) is 1.64. The Morgan fingerprint density at radius 1 is 1.48 bits per heavy atom. The van der Waals surface area contributed by atoms with E-state index in [1.54, 1.807) is 13.0 Å². The molecule has 3 rings (SSSR count). The SMILES string of the molecule is CC(C(=O)NC1CCSC1=O)n1nc2c(cc1=O)CCC2. The number of fused-ring (bicyclic) bond motifs is 1. The topological polar surface area (TPSA) is 81.1 Å². The zero-order valence-electron chi connectivity index (χ0n) is 11.8. The fourth-order valence-electron chi connectivity index (χ4n) is 2.72. The van der Waals surface area contributed by atoms with Crippen LogP contribution in [-0.4, -0.2) is 32.6 Å². The molecule has 1 aromatic heterocycles. The molecule has 1 saturated heterocycles. The standard InChI is InChI=1S/C14H17N3O3S/c1-8(13(19)15-11-5-6-21-14(11)20)17-12(18)7-9-3-2-4-10(9)16-17/h7-8,11H,2-6H2,1H3,(H,15,19). The molecular formula is C14H17N3O3S. The van der Waals surface area contributed by atoms with Crippen molar-refractivity contribution in [1.29, 1.82) is 0 Å². The summed E-state index contributed by atoms with van der Waals surface area (Å²) in [5, 5.41) is 7.02. The summed E-state index contributed by atoms with van der Waals surface area (Å²) >= 11 is 1.24. The summed E-state index contributed by atoms with van der Waals surface area (Å²) in [5.74, 6) is 0.401. The lowest BCUT2D eigenvalue weighted by atomic mass is 10.2. The van der Waals surface area contributed by atoms with Gasteiger partial charge in [-0.2, -0.15) is 5.10 Å². The van der Waals surface area contributed by atoms with Crippen molar-refractivity contribution in [1.82, 2.24) is 15.1 Å². The number of amides is 1. The second kappa shape index (κ2) is 5.63. The minimum absolute atomic E-state index is 0.00944. The number of aromatic nitrogens is 2. The molecule has 1 aliphatic heterocycles. The molecule has 1 N–H and O–H groups in total. The first-order valence-corrected chi connectivity index (χ1v) is 8.13. The Labute approximate surface area is 126 Å². The lowest BCUT2D eigenvalue weighted by Gasteiger charge is -2.17. The summed E-state index contributed by atoms with van der Waals surface area (Å²) in [6.07, 6.45) is 3.38. The highest BCUT2D eigenvalue weighted by Gasteiger charge is 2.29. The van der Waals surface area contributed by atoms with E-state index in [1.807, 2.05) is 0 Å². The average molecular weight is 307 g/mol. The summed E-state index contributed by atoms with van der Waals surface area (Å²) in [7, 11) is 0. The van der Waals surface area contributed by atoms with Gasteiger partial charge in [-0.25, -0.2) is 4.68 Å². The van der Waals surface area contributed by atoms with Crippen molar-refractivity contribution in [2.24, 2.45) is 0 Å². The normalized spacial score (nSPS) is 22.1. The number of carbonyl (C=O) groups excluding carboxylic acids is 2. The zero-order chi connectivity index (χ0) is 15.0. The van der Waals surface area contributed by atoms with Gasteiger partial charge in [-0.1, -0.05) is 11.8 Å². The number of nitrogens with one attached hydrogen (secondary N) is 1. The second-order valence-corrected chi connectivity index (χ2v) is 6.55. The van der Waals surface area contributed by atoms with Gasteiger partial charge in [0, 0.05) is 11.8 Å². The maximum absolute atomic E-state index is 12.2. The zero-order valence-corrected chi connectivity index (χ0v) is 12.6. The number of thioether (sulfide) groups is 1. The van der Waals surface area contributed by atoms with Crippen molar-refractivity contribution in [2.75, 3.05) is 5.75 Å². The van der Waals surface area contributed by atoms with Crippen molar-refractivity contribution < 1.29 is 9.59 Å². The molecule has 0 saturated carbocycles. The minimum atomic E-state index is -0.707. The van der Waals surface area contributed by atoms with E-state index in [0.29, 0.717) is 6.42 Å². The molecule has 2 unspecified atom stereocenters. The van der Waals surface area contributed by atoms with Crippen LogP contribution in [0.5, 0.6) is 0 Å². The van der Waals surface area contributed by atoms with Crippen LogP contribution in [0.15, 0.2) is 10.9 Å². The third kappa shape index (κ3) is 2.74. The van der Waals surface area contributed by atoms with Crippen molar-refractivity contribution in [3.63, 3.8) is 0 Å². The van der Waals surface area contributed by atoms with Crippen LogP contribution in [0.25, 0.3) is 0 Å². The van der Waals surface area contributed by atoms with Crippen molar-refractivity contribution >= 4 is 22.8 Å². The van der Waals surface area contributed by atoms with E-state index < -0.39 is 12.1 Å². The lowest BCUT2D eigenvalue weighted by Crippen LogP contribution is -2.43. The van der Waals surface area contributed by atoms with Crippen LogP contribution in [0.3, 0.4) is 0 Å². The van der Waals surface area contributed by atoms with Gasteiger partial charge in [-0.3, -0.25) is 14.4 Å². The van der Waals surface area contributed by atoms with E-state index in [0.717, 1.165) is 36.3 Å². The Hall–Kier alpha value is -1.63. The fourth-order valence-corrected chi connectivity index (χ4v) is 3.66. The monoisotopic (exact) mass is 307 g/mol. The van der Waals surface area contributed by atoms with Crippen molar-refractivity contribution in [3.8, 4) is 0 Å². The fraction of sp³-hybridized carbons (Fsp3) is 0.571. The average Bonchev–Trinajstić information content (AvgIpc) is 3.06. The molecule has 2 atom stereocenters. The highest BCUT2D eigenvalue weighted by Crippen LogP contribution is 2.20. The molecule has 0 radical (unpaired) electrons. The van der Waals surface area contributed by atoms with Gasteiger partial charge < -0.3 is 5.32 Å². The van der Waals surface area contributed by atoms with Gasteiger partial charge in [-0.05, 0) is 38.2 Å². The van der Waals surface area contributed by atoms with Crippen LogP contribution in [0, 0.1) is 0 Å². The molecule has 2 heterocycles. The van der Waals surface area contributed by atoms with Gasteiger partial charge >= 0.3 is 0 Å². The minimum Gasteiger partial charge on any atom is -0.343 e. The molecule has 6 nitrogen and oxygen atoms in total. The van der Waals surface area contributed by atoms with Gasteiger partial charge in [0.25, 0.3) is 5.56 Å². The number of rotatable bonds is 3. The number of nitrogens with zero attached hydrogens (tertiary/aromatic N) is 2. The molecule has 1 fully saturated rings. The van der Waals surface area contributed by atoms with Crippen molar-refractivity contribution in [3.05, 3.63) is 27.7 Å². The Bertz CT molecular complexity index is 655. The molecule has 1 aliphatic carbocycles. The summed E-state index contributed by atoms with van der Waals surface area (Å²) < 4.78 is 1.23. The Morgan fingerprint density at radius 2 is 2.29 bits per heavy atom. The van der Waals surface area contributed by atoms with E-state index in [2.05, 4.69) is 10.4 Å². The van der Waals surface area contributed by atoms with E-state index in [9.17, 15) is 14.4 Å². The van der Waals surface area contributed by atoms with Gasteiger partial charge in [0.15, 0.2) is 0 Å². The summed E-state index contributed by atoms with van der Waals surface area (Å²) in [4.78, 5) is 35.9. The van der Waals surface area contributed by atoms with Crippen molar-refractivity contribution in [2.45, 2.75) is 44.7 Å². The molecule has 0 spiro atoms. The largest absolute Gasteiger partial charge is 0.343 e. The smallest absolute Gasteiger partial charge is 0.267 e.